The second kappa shape index (κ2) is 2.71. The van der Waals surface area contributed by atoms with Crippen molar-refractivity contribution in [1.82, 2.24) is 5.32 Å². The first-order valence-corrected chi connectivity index (χ1v) is 3.46. The third-order valence-corrected chi connectivity index (χ3v) is 2.07. The maximum atomic E-state index is 5.66. The van der Waals surface area contributed by atoms with E-state index in [1.165, 1.54) is 0 Å². The number of piperidine rings is 1. The zero-order valence-corrected chi connectivity index (χ0v) is 5.70. The molecule has 0 spiro atoms. The topological polar surface area (TPSA) is 38.0 Å². The standard InChI is InChI=1S/C5H12N2S/c6-4-1-2-7-3-5(4)8/h4-5,7-8H,1-3,6H2. The minimum atomic E-state index is 0.305. The number of nitrogens with one attached hydrogen (secondary N) is 1. The van der Waals surface area contributed by atoms with Crippen LogP contribution in [0, 0.1) is 0 Å². The Balaban J connectivity index is 2.28. The molecule has 3 N–H and O–H groups in total. The summed E-state index contributed by atoms with van der Waals surface area (Å²) in [5.74, 6) is 0. The average molecular weight is 132 g/mol. The van der Waals surface area contributed by atoms with E-state index < -0.39 is 0 Å². The van der Waals surface area contributed by atoms with Crippen LogP contribution in [0.5, 0.6) is 0 Å². The third-order valence-electron chi connectivity index (χ3n) is 1.50. The molecule has 0 amide bonds. The summed E-state index contributed by atoms with van der Waals surface area (Å²) >= 11 is 4.27. The minimum Gasteiger partial charge on any atom is -0.327 e. The number of hydrogen-bond acceptors (Lipinski definition) is 3. The van der Waals surface area contributed by atoms with Crippen molar-refractivity contribution in [1.29, 1.82) is 0 Å². The molecule has 2 atom stereocenters. The second-order valence-corrected chi connectivity index (χ2v) is 2.89. The van der Waals surface area contributed by atoms with Crippen molar-refractivity contribution in [3.05, 3.63) is 0 Å². The van der Waals surface area contributed by atoms with Crippen molar-refractivity contribution in [3.8, 4) is 0 Å². The summed E-state index contributed by atoms with van der Waals surface area (Å²) in [6.45, 7) is 2.02. The van der Waals surface area contributed by atoms with Gasteiger partial charge in [-0.25, -0.2) is 0 Å². The number of nitrogens with two attached hydrogens (primary N) is 1. The summed E-state index contributed by atoms with van der Waals surface area (Å²) in [6, 6.07) is 0.305. The maximum Gasteiger partial charge on any atom is 0.0294 e. The van der Waals surface area contributed by atoms with Gasteiger partial charge in [0.1, 0.15) is 0 Å². The van der Waals surface area contributed by atoms with E-state index in [1.54, 1.807) is 0 Å². The molecule has 1 aliphatic rings. The summed E-state index contributed by atoms with van der Waals surface area (Å²) in [6.07, 6.45) is 1.06. The van der Waals surface area contributed by atoms with E-state index in [1.807, 2.05) is 0 Å². The van der Waals surface area contributed by atoms with Gasteiger partial charge in [-0.1, -0.05) is 0 Å². The fourth-order valence-corrected chi connectivity index (χ4v) is 1.14. The zero-order chi connectivity index (χ0) is 5.98. The Labute approximate surface area is 55.2 Å². The highest BCUT2D eigenvalue weighted by molar-refractivity contribution is 7.81. The van der Waals surface area contributed by atoms with Crippen LogP contribution in [0.1, 0.15) is 6.42 Å². The van der Waals surface area contributed by atoms with Crippen LogP contribution in [0.2, 0.25) is 0 Å². The quantitative estimate of drug-likeness (QED) is 0.393. The lowest BCUT2D eigenvalue weighted by Gasteiger charge is -2.24. The molecule has 0 bridgehead atoms. The Kier molecular flexibility index (Phi) is 2.16. The van der Waals surface area contributed by atoms with Gasteiger partial charge in [0, 0.05) is 17.8 Å². The van der Waals surface area contributed by atoms with Crippen molar-refractivity contribution in [2.45, 2.75) is 17.7 Å². The molecule has 2 nitrogen and oxygen atoms in total. The molecule has 1 rings (SSSR count). The fourth-order valence-electron chi connectivity index (χ4n) is 0.862. The van der Waals surface area contributed by atoms with E-state index in [4.69, 9.17) is 5.73 Å². The predicted octanol–water partition coefficient (Wildman–Crippen LogP) is -0.395. The summed E-state index contributed by atoms with van der Waals surface area (Å²) in [4.78, 5) is 0. The van der Waals surface area contributed by atoms with Crippen LogP contribution >= 0.6 is 12.6 Å². The molecule has 3 heteroatoms. The highest BCUT2D eigenvalue weighted by Gasteiger charge is 2.16. The normalized spacial score (nSPS) is 39.8. The van der Waals surface area contributed by atoms with Gasteiger partial charge in [-0.15, -0.1) is 0 Å². The first-order valence-electron chi connectivity index (χ1n) is 2.95. The van der Waals surface area contributed by atoms with Crippen LogP contribution in [0.25, 0.3) is 0 Å². The summed E-state index contributed by atoms with van der Waals surface area (Å²) in [7, 11) is 0. The molecule has 0 aliphatic carbocycles. The molecule has 0 aromatic heterocycles. The fraction of sp³-hybridized carbons (Fsp3) is 1.00. The van der Waals surface area contributed by atoms with Crippen molar-refractivity contribution in [2.24, 2.45) is 5.73 Å². The molecule has 1 saturated heterocycles. The van der Waals surface area contributed by atoms with Crippen molar-refractivity contribution < 1.29 is 0 Å². The monoisotopic (exact) mass is 132 g/mol. The van der Waals surface area contributed by atoms with Crippen LogP contribution in [0.4, 0.5) is 0 Å². The molecule has 0 saturated carbocycles. The van der Waals surface area contributed by atoms with Gasteiger partial charge < -0.3 is 11.1 Å². The van der Waals surface area contributed by atoms with Gasteiger partial charge in [0.15, 0.2) is 0 Å². The molecule has 8 heavy (non-hydrogen) atoms. The molecule has 48 valence electrons. The average Bonchev–Trinajstić information content (AvgIpc) is 1.77. The molecular formula is C5H12N2S. The second-order valence-electron chi connectivity index (χ2n) is 2.22. The Morgan fingerprint density at radius 1 is 1.62 bits per heavy atom. The number of rotatable bonds is 0. The smallest absolute Gasteiger partial charge is 0.0294 e. The van der Waals surface area contributed by atoms with Gasteiger partial charge in [-0.2, -0.15) is 12.6 Å². The van der Waals surface area contributed by atoms with Gasteiger partial charge in [0.25, 0.3) is 0 Å². The van der Waals surface area contributed by atoms with Crippen LogP contribution < -0.4 is 11.1 Å². The number of hydrogen-bond donors (Lipinski definition) is 3. The molecule has 0 aromatic carbocycles. The van der Waals surface area contributed by atoms with Gasteiger partial charge in [0.2, 0.25) is 0 Å². The molecule has 0 radical (unpaired) electrons. The zero-order valence-electron chi connectivity index (χ0n) is 4.80. The summed E-state index contributed by atoms with van der Waals surface area (Å²) in [5, 5.41) is 3.57. The summed E-state index contributed by atoms with van der Waals surface area (Å²) in [5.41, 5.74) is 5.66. The van der Waals surface area contributed by atoms with E-state index in [0.717, 1.165) is 19.5 Å². The maximum absolute atomic E-state index is 5.66. The molecule has 1 aliphatic heterocycles. The Morgan fingerprint density at radius 2 is 2.38 bits per heavy atom. The number of thiol groups is 1. The molecule has 1 fully saturated rings. The highest BCUT2D eigenvalue weighted by atomic mass is 32.1. The van der Waals surface area contributed by atoms with Gasteiger partial charge in [0.05, 0.1) is 0 Å². The van der Waals surface area contributed by atoms with E-state index in [9.17, 15) is 0 Å². The van der Waals surface area contributed by atoms with Crippen LogP contribution in [0.15, 0.2) is 0 Å². The van der Waals surface area contributed by atoms with Gasteiger partial charge >= 0.3 is 0 Å². The lowest BCUT2D eigenvalue weighted by atomic mass is 10.1. The lowest BCUT2D eigenvalue weighted by Crippen LogP contribution is -2.45. The van der Waals surface area contributed by atoms with Crippen molar-refractivity contribution >= 4 is 12.6 Å². The van der Waals surface area contributed by atoms with Crippen molar-refractivity contribution in [3.63, 3.8) is 0 Å². The van der Waals surface area contributed by atoms with Crippen LogP contribution in [0.3, 0.4) is 0 Å². The van der Waals surface area contributed by atoms with Crippen LogP contribution in [-0.2, 0) is 0 Å². The Hall–Kier alpha value is 0.270. The molecular weight excluding hydrogens is 120 g/mol. The predicted molar refractivity (Wildman–Crippen MR) is 38.2 cm³/mol. The molecule has 1 heterocycles. The molecule has 0 aromatic rings. The van der Waals surface area contributed by atoms with E-state index in [0.29, 0.717) is 11.3 Å². The lowest BCUT2D eigenvalue weighted by molar-refractivity contribution is 0.471. The van der Waals surface area contributed by atoms with E-state index in [2.05, 4.69) is 17.9 Å². The highest BCUT2D eigenvalue weighted by Crippen LogP contribution is 2.05. The first-order chi connectivity index (χ1) is 3.80. The minimum absolute atomic E-state index is 0.305. The first kappa shape index (κ1) is 6.39. The van der Waals surface area contributed by atoms with E-state index in [-0.39, 0.29) is 0 Å². The van der Waals surface area contributed by atoms with Crippen molar-refractivity contribution in [2.75, 3.05) is 13.1 Å². The van der Waals surface area contributed by atoms with Crippen LogP contribution in [-0.4, -0.2) is 24.4 Å². The third kappa shape index (κ3) is 1.37. The Morgan fingerprint density at radius 3 is 2.75 bits per heavy atom. The molecule has 2 unspecified atom stereocenters. The largest absolute Gasteiger partial charge is 0.327 e. The summed E-state index contributed by atoms with van der Waals surface area (Å²) < 4.78 is 0. The SMILES string of the molecule is NC1CCNCC1S. The van der Waals surface area contributed by atoms with Gasteiger partial charge in [-0.3, -0.25) is 0 Å². The van der Waals surface area contributed by atoms with Gasteiger partial charge in [-0.05, 0) is 13.0 Å². The van der Waals surface area contributed by atoms with E-state index >= 15 is 0 Å². The Bertz CT molecular complexity index is 66.8.